The summed E-state index contributed by atoms with van der Waals surface area (Å²) < 4.78 is 10.5. The van der Waals surface area contributed by atoms with Crippen molar-refractivity contribution in [3.8, 4) is 11.5 Å². The number of methoxy groups -OCH3 is 1. The molecule has 29 heavy (non-hydrogen) atoms. The topological polar surface area (TPSA) is 146 Å². The second kappa shape index (κ2) is 7.76. The van der Waals surface area contributed by atoms with Crippen LogP contribution in [-0.2, 0) is 4.79 Å². The average molecular weight is 398 g/mol. The highest BCUT2D eigenvalue weighted by atomic mass is 16.6. The first-order chi connectivity index (χ1) is 13.8. The number of nitro groups is 1. The molecule has 0 aliphatic rings. The molecule has 0 spiro atoms. The summed E-state index contributed by atoms with van der Waals surface area (Å²) in [5, 5.41) is 15.4. The lowest BCUT2D eigenvalue weighted by Gasteiger charge is -2.09. The number of esters is 1. The number of carbonyl (C=O) groups is 1. The summed E-state index contributed by atoms with van der Waals surface area (Å²) >= 11 is 0. The highest BCUT2D eigenvalue weighted by Crippen LogP contribution is 2.38. The van der Waals surface area contributed by atoms with Crippen LogP contribution in [0.2, 0.25) is 0 Å². The van der Waals surface area contributed by atoms with Gasteiger partial charge in [0.2, 0.25) is 5.75 Å². The fourth-order valence-corrected chi connectivity index (χ4v) is 2.60. The number of hydrogen-bond acceptors (Lipinski definition) is 8. The molecule has 0 unspecified atom stereocenters. The van der Waals surface area contributed by atoms with Gasteiger partial charge in [-0.05, 0) is 18.2 Å². The van der Waals surface area contributed by atoms with Gasteiger partial charge in [-0.15, -0.1) is 4.68 Å². The van der Waals surface area contributed by atoms with Crippen LogP contribution >= 0.6 is 0 Å². The first-order valence-corrected chi connectivity index (χ1v) is 8.15. The predicted octanol–water partition coefficient (Wildman–Crippen LogP) is 1.41. The van der Waals surface area contributed by atoms with E-state index in [-0.39, 0.29) is 22.4 Å². The lowest BCUT2D eigenvalue weighted by molar-refractivity contribution is -0.385. The Morgan fingerprint density at radius 2 is 2.00 bits per heavy atom. The molecule has 0 aliphatic carbocycles. The number of hydrogen-bond donors (Lipinski definition) is 1. The van der Waals surface area contributed by atoms with Crippen LogP contribution in [0.1, 0.15) is 12.5 Å². The molecule has 0 bridgehead atoms. The molecule has 1 heterocycles. The van der Waals surface area contributed by atoms with E-state index in [0.717, 1.165) is 19.2 Å². The van der Waals surface area contributed by atoms with Gasteiger partial charge in [0.15, 0.2) is 5.75 Å². The van der Waals surface area contributed by atoms with Crippen molar-refractivity contribution in [2.75, 3.05) is 7.11 Å². The van der Waals surface area contributed by atoms with E-state index in [1.165, 1.54) is 19.2 Å². The molecule has 11 nitrogen and oxygen atoms in total. The Morgan fingerprint density at radius 1 is 1.28 bits per heavy atom. The van der Waals surface area contributed by atoms with Crippen LogP contribution in [0.5, 0.6) is 11.5 Å². The monoisotopic (exact) mass is 398 g/mol. The highest BCUT2D eigenvalue weighted by Gasteiger charge is 2.23. The molecule has 2 aromatic carbocycles. The van der Waals surface area contributed by atoms with Crippen LogP contribution in [0.3, 0.4) is 0 Å². The molecular formula is C18H14N4O7. The Morgan fingerprint density at radius 3 is 2.66 bits per heavy atom. The van der Waals surface area contributed by atoms with Crippen molar-refractivity contribution in [3.63, 3.8) is 0 Å². The fourth-order valence-electron chi connectivity index (χ4n) is 2.60. The number of carbonyl (C=O) groups excluding carboxylic acids is 1. The van der Waals surface area contributed by atoms with E-state index >= 15 is 0 Å². The molecule has 3 rings (SSSR count). The van der Waals surface area contributed by atoms with Gasteiger partial charge in [0.1, 0.15) is 0 Å². The molecule has 11 heteroatoms. The minimum atomic E-state index is -0.775. The largest absolute Gasteiger partial charge is 0.493 e. The van der Waals surface area contributed by atoms with E-state index in [0.29, 0.717) is 10.2 Å². The maximum Gasteiger partial charge on any atom is 0.349 e. The number of nitrogens with zero attached hydrogens (tertiary/aromatic N) is 3. The lowest BCUT2D eigenvalue weighted by Crippen LogP contribution is -2.32. The number of ether oxygens (including phenoxy) is 2. The molecule has 0 saturated heterocycles. The number of aromatic amines is 1. The third-order valence-electron chi connectivity index (χ3n) is 3.83. The van der Waals surface area contributed by atoms with Crippen molar-refractivity contribution in [1.29, 1.82) is 0 Å². The van der Waals surface area contributed by atoms with Crippen molar-refractivity contribution < 1.29 is 19.2 Å². The molecule has 0 amide bonds. The van der Waals surface area contributed by atoms with E-state index in [2.05, 4.69) is 10.1 Å². The first kappa shape index (κ1) is 19.5. The summed E-state index contributed by atoms with van der Waals surface area (Å²) in [7, 11) is 1.24. The summed E-state index contributed by atoms with van der Waals surface area (Å²) in [6, 6.07) is 8.80. The Hall–Kier alpha value is -4.28. The molecule has 0 atom stereocenters. The van der Waals surface area contributed by atoms with E-state index < -0.39 is 27.8 Å². The standard InChI is InChI=1S/C18H14N4O7/c1-10(23)29-16-14(22(26)27)7-11(8-15(16)28-2)9-19-21-17(24)12-5-3-4-6-13(12)20-18(21)25/h3-9H,1-2H3,(H,20,25). The molecule has 3 aromatic rings. The molecule has 1 N–H and O–H groups in total. The van der Waals surface area contributed by atoms with Gasteiger partial charge in [-0.25, -0.2) is 4.79 Å². The zero-order valence-electron chi connectivity index (χ0n) is 15.2. The molecular weight excluding hydrogens is 384 g/mol. The van der Waals surface area contributed by atoms with Crippen LogP contribution in [0.15, 0.2) is 51.1 Å². The normalized spacial score (nSPS) is 11.0. The molecule has 0 radical (unpaired) electrons. The Kier molecular flexibility index (Phi) is 5.21. The van der Waals surface area contributed by atoms with Crippen molar-refractivity contribution in [2.24, 2.45) is 5.10 Å². The van der Waals surface area contributed by atoms with Crippen LogP contribution in [-0.4, -0.2) is 33.9 Å². The zero-order chi connectivity index (χ0) is 21.1. The van der Waals surface area contributed by atoms with Crippen molar-refractivity contribution in [2.45, 2.75) is 6.92 Å². The second-order valence-electron chi connectivity index (χ2n) is 5.76. The van der Waals surface area contributed by atoms with Gasteiger partial charge in [-0.2, -0.15) is 5.10 Å². The third kappa shape index (κ3) is 3.88. The smallest absolute Gasteiger partial charge is 0.349 e. The quantitative estimate of drug-likeness (QED) is 0.225. The number of rotatable bonds is 5. The van der Waals surface area contributed by atoms with Crippen LogP contribution in [0.4, 0.5) is 5.69 Å². The summed E-state index contributed by atoms with van der Waals surface area (Å²) in [4.78, 5) is 49.0. The van der Waals surface area contributed by atoms with Crippen LogP contribution in [0, 0.1) is 10.1 Å². The van der Waals surface area contributed by atoms with E-state index in [4.69, 9.17) is 9.47 Å². The Balaban J connectivity index is 2.12. The Bertz CT molecular complexity index is 1270. The maximum absolute atomic E-state index is 12.5. The van der Waals surface area contributed by atoms with Gasteiger partial charge in [0, 0.05) is 18.6 Å². The third-order valence-corrected chi connectivity index (χ3v) is 3.83. The maximum atomic E-state index is 12.5. The van der Waals surface area contributed by atoms with Gasteiger partial charge < -0.3 is 14.5 Å². The average Bonchev–Trinajstić information content (AvgIpc) is 2.67. The van der Waals surface area contributed by atoms with Crippen LogP contribution < -0.4 is 20.7 Å². The van der Waals surface area contributed by atoms with E-state index in [1.54, 1.807) is 18.2 Å². The Labute approximate surface area is 162 Å². The number of nitro benzene ring substituents is 1. The molecule has 148 valence electrons. The number of H-pyrrole nitrogens is 1. The number of para-hydroxylation sites is 1. The first-order valence-electron chi connectivity index (χ1n) is 8.15. The predicted molar refractivity (Wildman–Crippen MR) is 103 cm³/mol. The van der Waals surface area contributed by atoms with Gasteiger partial charge in [0.05, 0.1) is 29.2 Å². The van der Waals surface area contributed by atoms with Crippen LogP contribution in [0.25, 0.3) is 10.9 Å². The highest BCUT2D eigenvalue weighted by molar-refractivity contribution is 5.84. The summed E-state index contributed by atoms with van der Waals surface area (Å²) in [6.07, 6.45) is 1.08. The second-order valence-corrected chi connectivity index (χ2v) is 5.76. The minimum Gasteiger partial charge on any atom is -0.493 e. The molecule has 1 aromatic heterocycles. The van der Waals surface area contributed by atoms with Crippen molar-refractivity contribution in [3.05, 3.63) is 72.9 Å². The van der Waals surface area contributed by atoms with Gasteiger partial charge >= 0.3 is 17.3 Å². The molecule has 0 saturated carbocycles. The number of fused-ring (bicyclic) bond motifs is 1. The summed E-state index contributed by atoms with van der Waals surface area (Å²) in [5.41, 5.74) is -1.47. The minimum absolute atomic E-state index is 0.0874. The van der Waals surface area contributed by atoms with Crippen molar-refractivity contribution >= 4 is 28.8 Å². The molecule has 0 fully saturated rings. The lowest BCUT2D eigenvalue weighted by atomic mass is 10.2. The van der Waals surface area contributed by atoms with Gasteiger partial charge in [-0.3, -0.25) is 19.7 Å². The van der Waals surface area contributed by atoms with E-state index in [9.17, 15) is 24.5 Å². The summed E-state index contributed by atoms with van der Waals surface area (Å²) in [5.74, 6) is -1.21. The number of nitrogens with one attached hydrogen (secondary N) is 1. The zero-order valence-corrected chi connectivity index (χ0v) is 15.2. The van der Waals surface area contributed by atoms with Gasteiger partial charge in [0.25, 0.3) is 5.56 Å². The summed E-state index contributed by atoms with van der Waals surface area (Å²) in [6.45, 7) is 1.09. The molecule has 0 aliphatic heterocycles. The number of benzene rings is 2. The number of aromatic nitrogens is 2. The van der Waals surface area contributed by atoms with Crippen molar-refractivity contribution in [1.82, 2.24) is 9.66 Å². The SMILES string of the molecule is COc1cc(C=Nn2c(=O)[nH]c3ccccc3c2=O)cc([N+](=O)[O-])c1OC(C)=O. The fraction of sp³-hybridized carbons (Fsp3) is 0.111. The van der Waals surface area contributed by atoms with E-state index in [1.807, 2.05) is 0 Å². The van der Waals surface area contributed by atoms with Gasteiger partial charge in [-0.1, -0.05) is 12.1 Å².